The van der Waals surface area contributed by atoms with Crippen molar-refractivity contribution >= 4 is 22.5 Å². The fraction of sp³-hybridized carbons (Fsp3) is 0.0556. The Morgan fingerprint density at radius 2 is 1.88 bits per heavy atom. The van der Waals surface area contributed by atoms with Gasteiger partial charge in [0.2, 0.25) is 0 Å². The monoisotopic (exact) mass is 337 g/mol. The quantitative estimate of drug-likeness (QED) is 0.542. The molecule has 0 radical (unpaired) electrons. The zero-order valence-electron chi connectivity index (χ0n) is 12.7. The molecule has 24 heavy (non-hydrogen) atoms. The van der Waals surface area contributed by atoms with Crippen LogP contribution in [-0.4, -0.2) is 14.5 Å². The van der Waals surface area contributed by atoms with Gasteiger partial charge >= 0.3 is 5.69 Å². The molecule has 0 saturated heterocycles. The molecular weight excluding hydrogens is 326 g/mol. The van der Waals surface area contributed by atoms with Crippen molar-refractivity contribution in [1.29, 1.82) is 0 Å². The molecule has 0 amide bonds. The number of rotatable bonds is 1. The second kappa shape index (κ2) is 5.32. The van der Waals surface area contributed by atoms with Gasteiger partial charge in [-0.3, -0.25) is 14.3 Å². The minimum Gasteiger partial charge on any atom is -0.294 e. The van der Waals surface area contributed by atoms with E-state index < -0.39 is 11.2 Å². The summed E-state index contributed by atoms with van der Waals surface area (Å²) < 4.78 is 1.79. The molecule has 0 aliphatic carbocycles. The van der Waals surface area contributed by atoms with Crippen molar-refractivity contribution in [2.24, 2.45) is 0 Å². The molecule has 6 heteroatoms. The molecule has 2 heterocycles. The molecule has 2 aromatic carbocycles. The van der Waals surface area contributed by atoms with E-state index in [0.717, 1.165) is 22.2 Å². The van der Waals surface area contributed by atoms with E-state index >= 15 is 0 Å². The smallest absolute Gasteiger partial charge is 0.294 e. The first-order chi connectivity index (χ1) is 11.5. The number of hydrogen-bond donors (Lipinski definition) is 1. The number of nitrogens with one attached hydrogen (secondary N) is 1. The van der Waals surface area contributed by atoms with E-state index in [2.05, 4.69) is 9.97 Å². The molecule has 0 fully saturated rings. The fourth-order valence-corrected chi connectivity index (χ4v) is 3.13. The molecule has 0 aromatic heterocycles. The number of fused-ring (bicyclic) bond motifs is 2. The van der Waals surface area contributed by atoms with Crippen molar-refractivity contribution in [3.05, 3.63) is 80.0 Å². The van der Waals surface area contributed by atoms with Crippen LogP contribution in [0.15, 0.2) is 58.1 Å². The van der Waals surface area contributed by atoms with Crippen LogP contribution >= 0.6 is 11.6 Å². The molecule has 2 aliphatic rings. The molecule has 118 valence electrons. The third-order valence-corrected chi connectivity index (χ3v) is 4.27. The predicted octanol–water partition coefficient (Wildman–Crippen LogP) is 3.14. The third kappa shape index (κ3) is 2.21. The first-order valence-electron chi connectivity index (χ1n) is 7.36. The van der Waals surface area contributed by atoms with Gasteiger partial charge in [-0.15, -0.1) is 0 Å². The molecule has 2 aromatic rings. The highest BCUT2D eigenvalue weighted by atomic mass is 35.5. The van der Waals surface area contributed by atoms with Gasteiger partial charge in [-0.25, -0.2) is 4.79 Å². The Hall–Kier alpha value is -2.92. The van der Waals surface area contributed by atoms with Crippen LogP contribution in [0, 0.1) is 6.92 Å². The summed E-state index contributed by atoms with van der Waals surface area (Å²) in [6.45, 7) is 1.98. The van der Waals surface area contributed by atoms with E-state index in [-0.39, 0.29) is 0 Å². The van der Waals surface area contributed by atoms with E-state index in [1.54, 1.807) is 16.7 Å². The molecule has 0 unspecified atom stereocenters. The van der Waals surface area contributed by atoms with Crippen molar-refractivity contribution in [1.82, 2.24) is 14.5 Å². The summed E-state index contributed by atoms with van der Waals surface area (Å²) in [5.74, 6) is 0.309. The number of H-pyrrole nitrogens is 1. The summed E-state index contributed by atoms with van der Waals surface area (Å²) in [6, 6.07) is 14.9. The van der Waals surface area contributed by atoms with Gasteiger partial charge in [0, 0.05) is 16.1 Å². The third-order valence-electron chi connectivity index (χ3n) is 3.94. The summed E-state index contributed by atoms with van der Waals surface area (Å²) in [5, 5.41) is 1.25. The summed E-state index contributed by atoms with van der Waals surface area (Å²) in [5.41, 5.74) is 1.81. The van der Waals surface area contributed by atoms with Crippen LogP contribution in [0.25, 0.3) is 28.0 Å². The normalized spacial score (nSPS) is 11.2. The van der Waals surface area contributed by atoms with E-state index in [0.29, 0.717) is 16.4 Å². The molecule has 2 aliphatic heterocycles. The molecule has 4 rings (SSSR count). The Kier molecular flexibility index (Phi) is 3.25. The molecule has 0 saturated carbocycles. The number of pyridine rings is 1. The second-order valence-corrected chi connectivity index (χ2v) is 6.01. The summed E-state index contributed by atoms with van der Waals surface area (Å²) >= 11 is 6.32. The average molecular weight is 338 g/mol. The molecule has 0 atom stereocenters. The highest BCUT2D eigenvalue weighted by molar-refractivity contribution is 6.35. The molecular formula is C18H12ClN3O2. The summed E-state index contributed by atoms with van der Waals surface area (Å²) in [4.78, 5) is 30.2. The van der Waals surface area contributed by atoms with Crippen LogP contribution in [0.1, 0.15) is 5.56 Å². The standard InChI is InChI=1S/C18H12ClN3O2/c1-10-4-2-5-11(8-10)22-15-7-3-6-14(19)12(15)9-13-16(22)20-18(24)21-17(13)23/h2-9H,1H3,(H,21,23,24). The van der Waals surface area contributed by atoms with Crippen molar-refractivity contribution in [2.45, 2.75) is 6.92 Å². The van der Waals surface area contributed by atoms with Gasteiger partial charge in [0.05, 0.1) is 11.1 Å². The fourth-order valence-electron chi connectivity index (χ4n) is 2.90. The van der Waals surface area contributed by atoms with Crippen molar-refractivity contribution in [3.63, 3.8) is 0 Å². The first kappa shape index (κ1) is 14.7. The molecule has 0 bridgehead atoms. The van der Waals surface area contributed by atoms with Gasteiger partial charge in [0.25, 0.3) is 5.56 Å². The molecule has 5 nitrogen and oxygen atoms in total. The van der Waals surface area contributed by atoms with Crippen LogP contribution in [-0.2, 0) is 0 Å². The second-order valence-electron chi connectivity index (χ2n) is 5.60. The number of aryl methyl sites for hydroxylation is 1. The zero-order chi connectivity index (χ0) is 16.8. The SMILES string of the molecule is Cc1cccc(-n2c3nc(=O)[nH]c(=O)c-3cc3c(Cl)cccc32)c1. The van der Waals surface area contributed by atoms with Gasteiger partial charge in [-0.1, -0.05) is 29.8 Å². The van der Waals surface area contributed by atoms with Gasteiger partial charge in [0.15, 0.2) is 5.82 Å². The Balaban J connectivity index is 2.29. The Morgan fingerprint density at radius 3 is 2.67 bits per heavy atom. The van der Waals surface area contributed by atoms with Crippen LogP contribution in [0.5, 0.6) is 0 Å². The number of hydrogen-bond acceptors (Lipinski definition) is 3. The van der Waals surface area contributed by atoms with Crippen molar-refractivity contribution in [3.8, 4) is 17.1 Å². The Bertz CT molecular complexity index is 1180. The topological polar surface area (TPSA) is 67.8 Å². The van der Waals surface area contributed by atoms with Crippen LogP contribution < -0.4 is 11.2 Å². The number of aromatic nitrogens is 3. The van der Waals surface area contributed by atoms with Crippen LogP contribution in [0.2, 0.25) is 5.02 Å². The van der Waals surface area contributed by atoms with Gasteiger partial charge in [-0.2, -0.15) is 4.98 Å². The largest absolute Gasteiger partial charge is 0.349 e. The van der Waals surface area contributed by atoms with Gasteiger partial charge < -0.3 is 0 Å². The minimum atomic E-state index is -0.671. The minimum absolute atomic E-state index is 0.309. The highest BCUT2D eigenvalue weighted by Gasteiger charge is 2.19. The van der Waals surface area contributed by atoms with Gasteiger partial charge in [-0.05, 0) is 42.8 Å². The number of halogens is 1. The van der Waals surface area contributed by atoms with Gasteiger partial charge in [0.1, 0.15) is 0 Å². The summed E-state index contributed by atoms with van der Waals surface area (Å²) in [6.07, 6.45) is 0. The maximum absolute atomic E-state index is 12.3. The lowest BCUT2D eigenvalue weighted by molar-refractivity contribution is 0.959. The maximum atomic E-state index is 12.3. The Morgan fingerprint density at radius 1 is 1.08 bits per heavy atom. The lowest BCUT2D eigenvalue weighted by Gasteiger charge is -2.18. The van der Waals surface area contributed by atoms with Crippen molar-refractivity contribution < 1.29 is 0 Å². The predicted molar refractivity (Wildman–Crippen MR) is 94.3 cm³/mol. The maximum Gasteiger partial charge on any atom is 0.349 e. The average Bonchev–Trinajstić information content (AvgIpc) is 2.53. The molecule has 0 spiro atoms. The number of benzene rings is 2. The zero-order valence-corrected chi connectivity index (χ0v) is 13.5. The summed E-state index contributed by atoms with van der Waals surface area (Å²) in [7, 11) is 0. The van der Waals surface area contributed by atoms with E-state index in [1.165, 1.54) is 0 Å². The number of nitrogens with zero attached hydrogens (tertiary/aromatic N) is 2. The van der Waals surface area contributed by atoms with Crippen molar-refractivity contribution in [2.75, 3.05) is 0 Å². The van der Waals surface area contributed by atoms with Crippen LogP contribution in [0.4, 0.5) is 0 Å². The van der Waals surface area contributed by atoms with E-state index in [4.69, 9.17) is 11.6 Å². The van der Waals surface area contributed by atoms with E-state index in [1.807, 2.05) is 43.3 Å². The first-order valence-corrected chi connectivity index (χ1v) is 7.74. The number of aromatic amines is 1. The van der Waals surface area contributed by atoms with Crippen LogP contribution in [0.3, 0.4) is 0 Å². The lowest BCUT2D eigenvalue weighted by Crippen LogP contribution is -2.27. The Labute approximate surface area is 141 Å². The molecule has 1 N–H and O–H groups in total. The lowest BCUT2D eigenvalue weighted by atomic mass is 10.1. The highest BCUT2D eigenvalue weighted by Crippen LogP contribution is 2.31. The van der Waals surface area contributed by atoms with E-state index in [9.17, 15) is 9.59 Å².